The molecule has 0 bridgehead atoms. The molecule has 0 spiro atoms. The van der Waals surface area contributed by atoms with E-state index in [0.29, 0.717) is 12.1 Å². The van der Waals surface area contributed by atoms with Crippen molar-refractivity contribution in [2.75, 3.05) is 0 Å². The lowest BCUT2D eigenvalue weighted by Gasteiger charge is -2.13. The van der Waals surface area contributed by atoms with Crippen LogP contribution in [0.5, 0.6) is 0 Å². The summed E-state index contributed by atoms with van der Waals surface area (Å²) in [5, 5.41) is 0. The van der Waals surface area contributed by atoms with Crippen LogP contribution < -0.4 is 0 Å². The highest BCUT2D eigenvalue weighted by molar-refractivity contribution is 9.09. The number of halogens is 5. The number of hydrogen-bond acceptors (Lipinski definition) is 0. The SMILES string of the molecule is Fc1cc(F)c(C(Br)c2ccccc2F)c(F)c1. The zero-order chi connectivity index (χ0) is 13.3. The summed E-state index contributed by atoms with van der Waals surface area (Å²) in [5.74, 6) is -3.72. The summed E-state index contributed by atoms with van der Waals surface area (Å²) in [7, 11) is 0. The van der Waals surface area contributed by atoms with Gasteiger partial charge < -0.3 is 0 Å². The average Bonchev–Trinajstić information content (AvgIpc) is 2.27. The molecular formula is C13H7BrF4. The van der Waals surface area contributed by atoms with Crippen LogP contribution >= 0.6 is 15.9 Å². The van der Waals surface area contributed by atoms with E-state index in [9.17, 15) is 17.6 Å². The highest BCUT2D eigenvalue weighted by atomic mass is 79.9. The highest BCUT2D eigenvalue weighted by Gasteiger charge is 2.22. The Morgan fingerprint density at radius 1 is 0.833 bits per heavy atom. The van der Waals surface area contributed by atoms with Crippen LogP contribution in [0.4, 0.5) is 17.6 Å². The van der Waals surface area contributed by atoms with Crippen molar-refractivity contribution in [2.45, 2.75) is 4.83 Å². The van der Waals surface area contributed by atoms with Gasteiger partial charge in [0.15, 0.2) is 0 Å². The third-order valence-electron chi connectivity index (χ3n) is 2.48. The number of rotatable bonds is 2. The summed E-state index contributed by atoms with van der Waals surface area (Å²) in [6, 6.07) is 6.73. The smallest absolute Gasteiger partial charge is 0.133 e. The maximum Gasteiger partial charge on any atom is 0.133 e. The van der Waals surface area contributed by atoms with Gasteiger partial charge in [-0.25, -0.2) is 17.6 Å². The van der Waals surface area contributed by atoms with E-state index >= 15 is 0 Å². The summed E-state index contributed by atoms with van der Waals surface area (Å²) >= 11 is 3.03. The summed E-state index contributed by atoms with van der Waals surface area (Å²) in [6.45, 7) is 0. The summed E-state index contributed by atoms with van der Waals surface area (Å²) in [6.07, 6.45) is 0. The first-order chi connectivity index (χ1) is 8.50. The third kappa shape index (κ3) is 2.41. The van der Waals surface area contributed by atoms with Gasteiger partial charge in [-0.05, 0) is 6.07 Å². The maximum atomic E-state index is 13.5. The van der Waals surface area contributed by atoms with Crippen LogP contribution in [0.25, 0.3) is 0 Å². The topological polar surface area (TPSA) is 0 Å². The molecule has 18 heavy (non-hydrogen) atoms. The molecule has 0 heterocycles. The van der Waals surface area contributed by atoms with Gasteiger partial charge >= 0.3 is 0 Å². The lowest BCUT2D eigenvalue weighted by Crippen LogP contribution is -2.03. The standard InChI is InChI=1S/C13H7BrF4/c14-13(8-3-1-2-4-9(8)16)12-10(17)5-7(15)6-11(12)18/h1-6,13H. The van der Waals surface area contributed by atoms with Gasteiger partial charge in [-0.2, -0.15) is 0 Å². The van der Waals surface area contributed by atoms with E-state index in [1.54, 1.807) is 6.07 Å². The van der Waals surface area contributed by atoms with E-state index in [1.807, 2.05) is 0 Å². The van der Waals surface area contributed by atoms with Crippen molar-refractivity contribution >= 4 is 15.9 Å². The van der Waals surface area contributed by atoms with Crippen molar-refractivity contribution < 1.29 is 17.6 Å². The molecule has 0 fully saturated rings. The summed E-state index contributed by atoms with van der Waals surface area (Å²) in [5.41, 5.74) is -0.330. The van der Waals surface area contributed by atoms with Gasteiger partial charge in [0, 0.05) is 23.3 Å². The van der Waals surface area contributed by atoms with Gasteiger partial charge in [0.25, 0.3) is 0 Å². The molecule has 1 atom stereocenters. The largest absolute Gasteiger partial charge is 0.207 e. The molecule has 2 aromatic rings. The van der Waals surface area contributed by atoms with Gasteiger partial charge in [-0.3, -0.25) is 0 Å². The molecule has 0 amide bonds. The lowest BCUT2D eigenvalue weighted by molar-refractivity contribution is 0.525. The van der Waals surface area contributed by atoms with Crippen molar-refractivity contribution in [3.05, 3.63) is 70.8 Å². The van der Waals surface area contributed by atoms with Crippen molar-refractivity contribution in [1.82, 2.24) is 0 Å². The molecule has 0 aliphatic carbocycles. The highest BCUT2D eigenvalue weighted by Crippen LogP contribution is 2.35. The van der Waals surface area contributed by atoms with E-state index in [-0.39, 0.29) is 5.56 Å². The second kappa shape index (κ2) is 5.10. The number of benzene rings is 2. The Kier molecular flexibility index (Phi) is 3.71. The molecule has 0 saturated carbocycles. The van der Waals surface area contributed by atoms with Crippen molar-refractivity contribution in [1.29, 1.82) is 0 Å². The molecule has 0 nitrogen and oxygen atoms in total. The van der Waals surface area contributed by atoms with Gasteiger partial charge in [-0.15, -0.1) is 0 Å². The molecule has 1 unspecified atom stereocenters. The van der Waals surface area contributed by atoms with Crippen molar-refractivity contribution in [3.63, 3.8) is 0 Å². The van der Waals surface area contributed by atoms with E-state index in [0.717, 1.165) is 0 Å². The normalized spacial score (nSPS) is 12.5. The van der Waals surface area contributed by atoms with Gasteiger partial charge in [0.05, 0.1) is 4.83 Å². The zero-order valence-corrected chi connectivity index (χ0v) is 10.5. The Balaban J connectivity index is 2.53. The fraction of sp³-hybridized carbons (Fsp3) is 0.0769. The van der Waals surface area contributed by atoms with E-state index in [4.69, 9.17) is 0 Å². The molecule has 0 radical (unpaired) electrons. The molecular weight excluding hydrogens is 312 g/mol. The fourth-order valence-corrected chi connectivity index (χ4v) is 2.44. The quantitative estimate of drug-likeness (QED) is 0.555. The Hall–Kier alpha value is -1.36. The van der Waals surface area contributed by atoms with Crippen LogP contribution in [0.3, 0.4) is 0 Å². The minimum Gasteiger partial charge on any atom is -0.207 e. The van der Waals surface area contributed by atoms with Crippen LogP contribution in [0, 0.1) is 23.3 Å². The number of alkyl halides is 1. The van der Waals surface area contributed by atoms with Crippen molar-refractivity contribution in [2.24, 2.45) is 0 Å². The fourth-order valence-electron chi connectivity index (χ4n) is 1.63. The Labute approximate surface area is 109 Å². The first-order valence-corrected chi connectivity index (χ1v) is 5.95. The van der Waals surface area contributed by atoms with E-state index in [1.165, 1.54) is 18.2 Å². The Morgan fingerprint density at radius 2 is 1.39 bits per heavy atom. The minimum atomic E-state index is -1.06. The molecule has 0 saturated heterocycles. The maximum absolute atomic E-state index is 13.5. The molecule has 5 heteroatoms. The summed E-state index contributed by atoms with van der Waals surface area (Å²) < 4.78 is 53.4. The van der Waals surface area contributed by atoms with Crippen LogP contribution in [0.1, 0.15) is 16.0 Å². The predicted octanol–water partition coefficient (Wildman–Crippen LogP) is 4.73. The van der Waals surface area contributed by atoms with E-state index < -0.39 is 33.7 Å². The first-order valence-electron chi connectivity index (χ1n) is 5.03. The summed E-state index contributed by atoms with van der Waals surface area (Å²) in [4.78, 5) is -1.01. The lowest BCUT2D eigenvalue weighted by atomic mass is 10.0. The Morgan fingerprint density at radius 3 is 1.94 bits per heavy atom. The average molecular weight is 319 g/mol. The molecule has 94 valence electrons. The van der Waals surface area contributed by atoms with E-state index in [2.05, 4.69) is 15.9 Å². The molecule has 0 aliphatic rings. The first kappa shape index (κ1) is 13.1. The number of hydrogen-bond donors (Lipinski definition) is 0. The predicted molar refractivity (Wildman–Crippen MR) is 63.5 cm³/mol. The zero-order valence-electron chi connectivity index (χ0n) is 8.93. The third-order valence-corrected chi connectivity index (χ3v) is 3.43. The molecule has 0 N–H and O–H groups in total. The Bertz CT molecular complexity index is 560. The second-order valence-corrected chi connectivity index (χ2v) is 4.58. The van der Waals surface area contributed by atoms with Gasteiger partial charge in [0.1, 0.15) is 23.3 Å². The van der Waals surface area contributed by atoms with Crippen LogP contribution in [0.15, 0.2) is 36.4 Å². The molecule has 2 rings (SSSR count). The van der Waals surface area contributed by atoms with Gasteiger partial charge in [0.2, 0.25) is 0 Å². The molecule has 0 aromatic heterocycles. The van der Waals surface area contributed by atoms with Gasteiger partial charge in [-0.1, -0.05) is 34.1 Å². The van der Waals surface area contributed by atoms with Crippen LogP contribution in [-0.2, 0) is 0 Å². The second-order valence-electron chi connectivity index (χ2n) is 3.67. The minimum absolute atomic E-state index is 0.0851. The molecule has 0 aliphatic heterocycles. The molecule has 2 aromatic carbocycles. The van der Waals surface area contributed by atoms with Crippen LogP contribution in [-0.4, -0.2) is 0 Å². The monoisotopic (exact) mass is 318 g/mol. The van der Waals surface area contributed by atoms with Crippen molar-refractivity contribution in [3.8, 4) is 0 Å². The van der Waals surface area contributed by atoms with Crippen LogP contribution in [0.2, 0.25) is 0 Å².